The van der Waals surface area contributed by atoms with Crippen molar-refractivity contribution in [3.8, 4) is 11.5 Å². The van der Waals surface area contributed by atoms with Gasteiger partial charge < -0.3 is 9.73 Å². The van der Waals surface area contributed by atoms with E-state index in [4.69, 9.17) is 4.42 Å². The van der Waals surface area contributed by atoms with E-state index in [1.165, 1.54) is 38.5 Å². The lowest BCUT2D eigenvalue weighted by atomic mass is 9.53. The maximum atomic E-state index is 12.8. The molecule has 4 aliphatic rings. The Kier molecular flexibility index (Phi) is 3.70. The molecule has 6 rings (SSSR count). The Bertz CT molecular complexity index is 789. The summed E-state index contributed by atoms with van der Waals surface area (Å²) in [7, 11) is 0. The van der Waals surface area contributed by atoms with E-state index in [0.717, 1.165) is 34.8 Å². The van der Waals surface area contributed by atoms with Crippen LogP contribution in [0.4, 0.5) is 0 Å². The third-order valence-corrected chi connectivity index (χ3v) is 6.68. The predicted molar refractivity (Wildman–Crippen MR) is 99.4 cm³/mol. The van der Waals surface area contributed by atoms with Crippen molar-refractivity contribution >= 4 is 5.91 Å². The van der Waals surface area contributed by atoms with E-state index in [9.17, 15) is 4.79 Å². The smallest absolute Gasteiger partial charge is 0.226 e. The molecule has 1 heterocycles. The zero-order chi connectivity index (χ0) is 17.7. The van der Waals surface area contributed by atoms with Gasteiger partial charge in [-0.2, -0.15) is 0 Å². The molecule has 4 heteroatoms. The molecule has 0 saturated heterocycles. The first kappa shape index (κ1) is 16.1. The average Bonchev–Trinajstić information content (AvgIpc) is 2.94. The van der Waals surface area contributed by atoms with E-state index in [-0.39, 0.29) is 11.4 Å². The van der Waals surface area contributed by atoms with Crippen molar-refractivity contribution in [3.05, 3.63) is 41.8 Å². The van der Waals surface area contributed by atoms with Crippen LogP contribution in [0.1, 0.15) is 50.0 Å². The number of carbonyl (C=O) groups excluding carboxylic acids is 1. The summed E-state index contributed by atoms with van der Waals surface area (Å²) < 4.78 is 5.80. The van der Waals surface area contributed by atoms with Crippen molar-refractivity contribution < 1.29 is 9.21 Å². The summed E-state index contributed by atoms with van der Waals surface area (Å²) in [5, 5.41) is 3.43. The molecule has 4 nitrogen and oxygen atoms in total. The van der Waals surface area contributed by atoms with E-state index in [2.05, 4.69) is 10.3 Å². The van der Waals surface area contributed by atoms with Gasteiger partial charge in [0, 0.05) is 11.1 Å². The Morgan fingerprint density at radius 1 is 1.12 bits per heavy atom. The van der Waals surface area contributed by atoms with Gasteiger partial charge in [0.05, 0.1) is 12.1 Å². The molecule has 1 aromatic heterocycles. The molecule has 4 aliphatic carbocycles. The van der Waals surface area contributed by atoms with Crippen molar-refractivity contribution in [2.75, 3.05) is 0 Å². The third kappa shape index (κ3) is 2.85. The van der Waals surface area contributed by atoms with Crippen LogP contribution in [0.3, 0.4) is 0 Å². The quantitative estimate of drug-likeness (QED) is 0.895. The molecule has 4 saturated carbocycles. The molecule has 1 aromatic carbocycles. The van der Waals surface area contributed by atoms with Gasteiger partial charge in [-0.3, -0.25) is 4.79 Å². The minimum Gasteiger partial charge on any atom is -0.441 e. The van der Waals surface area contributed by atoms with Crippen LogP contribution in [0, 0.1) is 24.7 Å². The second kappa shape index (κ2) is 5.97. The maximum absolute atomic E-state index is 12.8. The monoisotopic (exact) mass is 350 g/mol. The highest BCUT2D eigenvalue weighted by Gasteiger charge is 2.51. The van der Waals surface area contributed by atoms with E-state index in [1.54, 1.807) is 0 Å². The summed E-state index contributed by atoms with van der Waals surface area (Å²) in [5.74, 6) is 3.94. The Morgan fingerprint density at radius 3 is 2.35 bits per heavy atom. The first-order valence-corrected chi connectivity index (χ1v) is 9.91. The van der Waals surface area contributed by atoms with Gasteiger partial charge in [-0.1, -0.05) is 18.2 Å². The molecule has 4 fully saturated rings. The molecule has 0 atom stereocenters. The van der Waals surface area contributed by atoms with Crippen molar-refractivity contribution in [3.63, 3.8) is 0 Å². The number of nitrogens with one attached hydrogen (secondary N) is 1. The molecule has 2 aromatic rings. The summed E-state index contributed by atoms with van der Waals surface area (Å²) in [4.78, 5) is 17.4. The number of aromatic nitrogens is 1. The molecule has 0 spiro atoms. The number of aryl methyl sites for hydroxylation is 1. The molecule has 0 unspecified atom stereocenters. The predicted octanol–water partition coefficient (Wildman–Crippen LogP) is 4.28. The minimum absolute atomic E-state index is 0.0612. The van der Waals surface area contributed by atoms with Gasteiger partial charge >= 0.3 is 0 Å². The van der Waals surface area contributed by atoms with Crippen LogP contribution in [0.25, 0.3) is 11.5 Å². The number of oxazole rings is 1. The normalized spacial score (nSPS) is 32.0. The molecule has 26 heavy (non-hydrogen) atoms. The second-order valence-electron chi connectivity index (χ2n) is 8.81. The molecule has 4 bridgehead atoms. The van der Waals surface area contributed by atoms with Crippen LogP contribution in [-0.4, -0.2) is 16.4 Å². The van der Waals surface area contributed by atoms with Crippen LogP contribution in [0.2, 0.25) is 0 Å². The van der Waals surface area contributed by atoms with Gasteiger partial charge in [0.2, 0.25) is 11.8 Å². The summed E-state index contributed by atoms with van der Waals surface area (Å²) in [6.45, 7) is 1.90. The number of carbonyl (C=O) groups is 1. The van der Waals surface area contributed by atoms with Crippen LogP contribution in [0.5, 0.6) is 0 Å². The fourth-order valence-electron chi connectivity index (χ4n) is 6.05. The average molecular weight is 350 g/mol. The highest BCUT2D eigenvalue weighted by atomic mass is 16.4. The number of rotatable bonds is 4. The zero-order valence-electron chi connectivity index (χ0n) is 15.3. The first-order chi connectivity index (χ1) is 12.6. The van der Waals surface area contributed by atoms with Crippen molar-refractivity contribution in [1.82, 2.24) is 10.3 Å². The fraction of sp³-hybridized carbons (Fsp3) is 0.545. The number of hydrogen-bond donors (Lipinski definition) is 1. The van der Waals surface area contributed by atoms with Crippen molar-refractivity contribution in [2.45, 2.75) is 57.4 Å². The molecular weight excluding hydrogens is 324 g/mol. The highest BCUT2D eigenvalue weighted by Crippen LogP contribution is 2.55. The summed E-state index contributed by atoms with van der Waals surface area (Å²) >= 11 is 0. The maximum Gasteiger partial charge on any atom is 0.226 e. The van der Waals surface area contributed by atoms with Crippen LogP contribution in [-0.2, 0) is 11.2 Å². The van der Waals surface area contributed by atoms with E-state index in [1.807, 2.05) is 37.3 Å². The number of benzene rings is 1. The number of nitrogens with zero attached hydrogens (tertiary/aromatic N) is 1. The van der Waals surface area contributed by atoms with Crippen molar-refractivity contribution in [2.24, 2.45) is 17.8 Å². The lowest BCUT2D eigenvalue weighted by molar-refractivity contribution is -0.126. The Hall–Kier alpha value is -2.10. The van der Waals surface area contributed by atoms with Crippen LogP contribution >= 0.6 is 0 Å². The fourth-order valence-corrected chi connectivity index (χ4v) is 6.05. The SMILES string of the molecule is Cc1oc(-c2ccccc2)nc1CC(=O)NC12CC3CC(CC(C3)C1)C2. The van der Waals surface area contributed by atoms with Crippen LogP contribution in [0.15, 0.2) is 34.7 Å². The largest absolute Gasteiger partial charge is 0.441 e. The molecule has 1 N–H and O–H groups in total. The Morgan fingerprint density at radius 2 is 1.73 bits per heavy atom. The molecule has 1 amide bonds. The van der Waals surface area contributed by atoms with Gasteiger partial charge in [0.15, 0.2) is 0 Å². The second-order valence-corrected chi connectivity index (χ2v) is 8.81. The molecule has 0 aliphatic heterocycles. The van der Waals surface area contributed by atoms with E-state index < -0.39 is 0 Å². The topological polar surface area (TPSA) is 55.1 Å². The Labute approximate surface area is 154 Å². The molecular formula is C22H26N2O2. The van der Waals surface area contributed by atoms with Gasteiger partial charge in [-0.25, -0.2) is 4.98 Å². The van der Waals surface area contributed by atoms with Gasteiger partial charge in [-0.15, -0.1) is 0 Å². The minimum atomic E-state index is 0.0612. The summed E-state index contributed by atoms with van der Waals surface area (Å²) in [6, 6.07) is 9.86. The molecule has 136 valence electrons. The lowest BCUT2D eigenvalue weighted by Crippen LogP contribution is -2.60. The first-order valence-electron chi connectivity index (χ1n) is 9.91. The van der Waals surface area contributed by atoms with Gasteiger partial charge in [-0.05, 0) is 75.3 Å². The summed E-state index contributed by atoms with van der Waals surface area (Å²) in [6.07, 6.45) is 8.01. The van der Waals surface area contributed by atoms with Gasteiger partial charge in [0.25, 0.3) is 0 Å². The van der Waals surface area contributed by atoms with Crippen molar-refractivity contribution in [1.29, 1.82) is 0 Å². The summed E-state index contributed by atoms with van der Waals surface area (Å²) in [5.41, 5.74) is 1.76. The lowest BCUT2D eigenvalue weighted by Gasteiger charge is -2.56. The number of amides is 1. The van der Waals surface area contributed by atoms with Crippen LogP contribution < -0.4 is 5.32 Å². The zero-order valence-corrected chi connectivity index (χ0v) is 15.3. The van der Waals surface area contributed by atoms with E-state index in [0.29, 0.717) is 12.3 Å². The van der Waals surface area contributed by atoms with E-state index >= 15 is 0 Å². The number of hydrogen-bond acceptors (Lipinski definition) is 3. The Balaban J connectivity index is 1.30. The standard InChI is InChI=1S/C22H26N2O2/c1-14-19(23-21(26-14)18-5-3-2-4-6-18)10-20(25)24-22-11-15-7-16(12-22)9-17(8-15)13-22/h2-6,15-17H,7-13H2,1H3,(H,24,25). The highest BCUT2D eigenvalue weighted by molar-refractivity contribution is 5.79. The third-order valence-electron chi connectivity index (χ3n) is 6.68. The van der Waals surface area contributed by atoms with Gasteiger partial charge in [0.1, 0.15) is 5.76 Å². The molecule has 0 radical (unpaired) electrons.